The van der Waals surface area contributed by atoms with Gasteiger partial charge in [0.2, 0.25) is 0 Å². The lowest BCUT2D eigenvalue weighted by Crippen LogP contribution is -2.19. The largest absolute Gasteiger partial charge is 0.351 e. The zero-order valence-electron chi connectivity index (χ0n) is 14.3. The van der Waals surface area contributed by atoms with Gasteiger partial charge in [0, 0.05) is 16.3 Å². The number of nitrogens with zero attached hydrogens (tertiary/aromatic N) is 1. The highest BCUT2D eigenvalue weighted by molar-refractivity contribution is 7.16. The molecule has 1 aromatic heterocycles. The van der Waals surface area contributed by atoms with E-state index >= 15 is 0 Å². The molecule has 0 radical (unpaired) electrons. The molecule has 0 unspecified atom stereocenters. The third-order valence-corrected chi connectivity index (χ3v) is 5.27. The topological polar surface area (TPSA) is 68.0 Å². The lowest BCUT2D eigenvalue weighted by molar-refractivity contribution is 0.259. The fourth-order valence-electron chi connectivity index (χ4n) is 3.09. The van der Waals surface area contributed by atoms with Crippen molar-refractivity contribution in [1.82, 2.24) is 4.98 Å². The van der Waals surface area contributed by atoms with Crippen LogP contribution in [0.5, 0.6) is 0 Å². The first kappa shape index (κ1) is 17.5. The highest BCUT2D eigenvalue weighted by atomic mass is 35.5. The van der Waals surface area contributed by atoms with Crippen molar-refractivity contribution in [3.63, 3.8) is 0 Å². The van der Waals surface area contributed by atoms with Crippen LogP contribution in [-0.4, -0.2) is 11.0 Å². The average molecular weight is 394 g/mol. The van der Waals surface area contributed by atoms with E-state index in [0.29, 0.717) is 10.7 Å². The van der Waals surface area contributed by atoms with Crippen molar-refractivity contribution < 1.29 is 4.79 Å². The van der Waals surface area contributed by atoms with E-state index in [1.807, 2.05) is 54.0 Å². The van der Waals surface area contributed by atoms with Crippen LogP contribution < -0.4 is 11.1 Å². The molecule has 4 nitrogen and oxygen atoms in total. The molecular formula is C21H16ClN3OS. The minimum atomic E-state index is -0.565. The Balaban J connectivity index is 1.69. The van der Waals surface area contributed by atoms with Crippen LogP contribution in [0.15, 0.2) is 66.2 Å². The summed E-state index contributed by atoms with van der Waals surface area (Å²) >= 11 is 7.81. The van der Waals surface area contributed by atoms with Crippen LogP contribution >= 0.6 is 22.9 Å². The monoisotopic (exact) mass is 393 g/mol. The van der Waals surface area contributed by atoms with Gasteiger partial charge in [-0.15, -0.1) is 11.3 Å². The van der Waals surface area contributed by atoms with E-state index in [9.17, 15) is 4.79 Å². The molecule has 0 atom stereocenters. The third-order valence-electron chi connectivity index (χ3n) is 4.26. The smallest absolute Gasteiger partial charge is 0.316 e. The number of aromatic nitrogens is 1. The van der Waals surface area contributed by atoms with Crippen molar-refractivity contribution in [2.45, 2.75) is 6.42 Å². The maximum absolute atomic E-state index is 10.9. The minimum absolute atomic E-state index is 0.565. The number of rotatable bonds is 4. The number of hydrogen-bond donors (Lipinski definition) is 2. The maximum Gasteiger partial charge on any atom is 0.316 e. The predicted molar refractivity (Wildman–Crippen MR) is 113 cm³/mol. The molecule has 0 saturated carbocycles. The number of carbonyl (C=O) groups excluding carboxylic acids is 1. The van der Waals surface area contributed by atoms with E-state index in [1.165, 1.54) is 5.56 Å². The first-order valence-corrected chi connectivity index (χ1v) is 9.62. The van der Waals surface area contributed by atoms with E-state index in [1.54, 1.807) is 11.3 Å². The van der Waals surface area contributed by atoms with E-state index in [0.717, 1.165) is 33.3 Å². The van der Waals surface area contributed by atoms with Gasteiger partial charge in [0.25, 0.3) is 0 Å². The molecule has 4 aromatic rings. The molecule has 2 amide bonds. The van der Waals surface area contributed by atoms with Gasteiger partial charge >= 0.3 is 6.03 Å². The van der Waals surface area contributed by atoms with Gasteiger partial charge in [-0.25, -0.2) is 9.78 Å². The lowest BCUT2D eigenvalue weighted by atomic mass is 9.98. The number of fused-ring (bicyclic) bond motifs is 1. The number of urea groups is 1. The summed E-state index contributed by atoms with van der Waals surface area (Å²) in [7, 11) is 0. The van der Waals surface area contributed by atoms with Crippen molar-refractivity contribution in [2.75, 3.05) is 5.32 Å². The summed E-state index contributed by atoms with van der Waals surface area (Å²) in [5.41, 5.74) is 13.2. The summed E-state index contributed by atoms with van der Waals surface area (Å²) in [4.78, 5) is 15.5. The fourth-order valence-corrected chi connectivity index (χ4v) is 4.04. The number of nitrogens with two attached hydrogens (primary N) is 1. The number of nitrogens with one attached hydrogen (secondary N) is 1. The van der Waals surface area contributed by atoms with Crippen molar-refractivity contribution >= 4 is 44.9 Å². The third kappa shape index (κ3) is 3.94. The van der Waals surface area contributed by atoms with Crippen LogP contribution in [0.1, 0.15) is 11.1 Å². The molecule has 0 fully saturated rings. The molecular weight excluding hydrogens is 378 g/mol. The standard InChI is InChI=1S/C21H16ClN3OS/c22-16-3-1-2-15(11-16)18-9-14(10-19-20(18)24-12-27-19)8-13-4-6-17(7-5-13)25-21(23)26/h1-7,9-12H,8H2,(H3,23,25,26). The Morgan fingerprint density at radius 3 is 2.63 bits per heavy atom. The van der Waals surface area contributed by atoms with Crippen LogP contribution in [0.25, 0.3) is 21.3 Å². The Kier molecular flexibility index (Phi) is 4.79. The van der Waals surface area contributed by atoms with Gasteiger partial charge in [0.15, 0.2) is 0 Å². The lowest BCUT2D eigenvalue weighted by Gasteiger charge is -2.09. The zero-order valence-corrected chi connectivity index (χ0v) is 15.8. The predicted octanol–water partition coefficient (Wildman–Crippen LogP) is 5.70. The molecule has 134 valence electrons. The summed E-state index contributed by atoms with van der Waals surface area (Å²) in [5.74, 6) is 0. The first-order chi connectivity index (χ1) is 13.1. The van der Waals surface area contributed by atoms with Gasteiger partial charge < -0.3 is 11.1 Å². The van der Waals surface area contributed by atoms with Crippen molar-refractivity contribution in [1.29, 1.82) is 0 Å². The summed E-state index contributed by atoms with van der Waals surface area (Å²) < 4.78 is 1.15. The SMILES string of the molecule is NC(=O)Nc1ccc(Cc2cc(-c3cccc(Cl)c3)c3ncsc3c2)cc1. The second-order valence-corrected chi connectivity index (χ2v) is 7.54. The van der Waals surface area contributed by atoms with Crippen molar-refractivity contribution in [2.24, 2.45) is 5.73 Å². The molecule has 0 bridgehead atoms. The highest BCUT2D eigenvalue weighted by Gasteiger charge is 2.10. The van der Waals surface area contributed by atoms with Gasteiger partial charge in [0.1, 0.15) is 0 Å². The molecule has 0 spiro atoms. The first-order valence-electron chi connectivity index (χ1n) is 8.36. The normalized spacial score (nSPS) is 10.9. The summed E-state index contributed by atoms with van der Waals surface area (Å²) in [5, 5.41) is 3.28. The molecule has 27 heavy (non-hydrogen) atoms. The number of primary amides is 1. The molecule has 0 aliphatic carbocycles. The number of benzene rings is 3. The molecule has 0 saturated heterocycles. The molecule has 6 heteroatoms. The Labute approximate surface area is 165 Å². The Morgan fingerprint density at radius 1 is 1.07 bits per heavy atom. The maximum atomic E-state index is 10.9. The van der Waals surface area contributed by atoms with E-state index in [2.05, 4.69) is 22.4 Å². The van der Waals surface area contributed by atoms with Gasteiger partial charge in [0.05, 0.1) is 15.7 Å². The van der Waals surface area contributed by atoms with Gasteiger partial charge in [-0.05, 0) is 59.5 Å². The number of thiazole rings is 1. The van der Waals surface area contributed by atoms with Crippen LogP contribution in [0, 0.1) is 0 Å². The van der Waals surface area contributed by atoms with E-state index in [-0.39, 0.29) is 0 Å². The molecule has 3 aromatic carbocycles. The van der Waals surface area contributed by atoms with E-state index in [4.69, 9.17) is 17.3 Å². The van der Waals surface area contributed by atoms with E-state index < -0.39 is 6.03 Å². The Hall–Kier alpha value is -2.89. The van der Waals surface area contributed by atoms with Crippen molar-refractivity contribution in [3.8, 4) is 11.1 Å². The molecule has 0 aliphatic heterocycles. The molecule has 1 heterocycles. The molecule has 3 N–H and O–H groups in total. The van der Waals surface area contributed by atoms with Crippen LogP contribution in [-0.2, 0) is 6.42 Å². The Bertz CT molecular complexity index is 1120. The number of hydrogen-bond acceptors (Lipinski definition) is 3. The van der Waals surface area contributed by atoms with Crippen LogP contribution in [0.4, 0.5) is 10.5 Å². The number of carbonyl (C=O) groups is 1. The van der Waals surface area contributed by atoms with Crippen LogP contribution in [0.2, 0.25) is 5.02 Å². The van der Waals surface area contributed by atoms with Gasteiger partial charge in [-0.2, -0.15) is 0 Å². The van der Waals surface area contributed by atoms with Crippen molar-refractivity contribution in [3.05, 3.63) is 82.3 Å². The molecule has 0 aliphatic rings. The highest BCUT2D eigenvalue weighted by Crippen LogP contribution is 2.33. The van der Waals surface area contributed by atoms with Gasteiger partial charge in [-0.3, -0.25) is 0 Å². The summed E-state index contributed by atoms with van der Waals surface area (Å²) in [6.45, 7) is 0. The zero-order chi connectivity index (χ0) is 18.8. The van der Waals surface area contributed by atoms with Crippen LogP contribution in [0.3, 0.4) is 0 Å². The second kappa shape index (κ2) is 7.39. The summed E-state index contributed by atoms with van der Waals surface area (Å²) in [6, 6.07) is 19.3. The quantitative estimate of drug-likeness (QED) is 0.467. The molecule has 4 rings (SSSR count). The average Bonchev–Trinajstić information content (AvgIpc) is 3.11. The summed E-state index contributed by atoms with van der Waals surface area (Å²) in [6.07, 6.45) is 0.776. The minimum Gasteiger partial charge on any atom is -0.351 e. The number of anilines is 1. The number of amides is 2. The second-order valence-electron chi connectivity index (χ2n) is 6.22. The Morgan fingerprint density at radius 2 is 1.89 bits per heavy atom. The fraction of sp³-hybridized carbons (Fsp3) is 0.0476. The van der Waals surface area contributed by atoms with Gasteiger partial charge in [-0.1, -0.05) is 35.9 Å². The number of halogens is 1.